The maximum absolute atomic E-state index is 13.5. The predicted molar refractivity (Wildman–Crippen MR) is 123 cm³/mol. The Bertz CT molecular complexity index is 1290. The van der Waals surface area contributed by atoms with E-state index in [0.717, 1.165) is 23.3 Å². The van der Waals surface area contributed by atoms with Crippen LogP contribution in [0.3, 0.4) is 0 Å². The third kappa shape index (κ3) is 5.31. The van der Waals surface area contributed by atoms with Crippen LogP contribution in [0.15, 0.2) is 51.2 Å². The zero-order valence-electron chi connectivity index (χ0n) is 18.5. The molecule has 2 heterocycles. The van der Waals surface area contributed by atoms with Gasteiger partial charge in [-0.1, -0.05) is 28.8 Å². The number of nitrogens with zero attached hydrogens (tertiary/aromatic N) is 4. The number of benzene rings is 1. The fourth-order valence-corrected chi connectivity index (χ4v) is 5.43. The number of aromatic nitrogens is 2. The SMILES string of the molecule is C[C@@]1(N=[N+]=[N-])[C@H](O)[C@@H](COP(=O)(Oc2ccccc2Cl)OC2CCC2)O[C@H]1n1ccc(=O)[nH]c1=O. The van der Waals surface area contributed by atoms with Gasteiger partial charge in [-0.25, -0.2) is 9.36 Å². The highest BCUT2D eigenvalue weighted by molar-refractivity contribution is 7.49. The lowest BCUT2D eigenvalue weighted by Crippen LogP contribution is -2.45. The molecule has 2 N–H and O–H groups in total. The molecule has 1 aliphatic carbocycles. The van der Waals surface area contributed by atoms with Crippen molar-refractivity contribution in [3.63, 3.8) is 0 Å². The van der Waals surface area contributed by atoms with Crippen LogP contribution in [0.25, 0.3) is 10.4 Å². The van der Waals surface area contributed by atoms with Crippen LogP contribution in [0.4, 0.5) is 0 Å². The van der Waals surface area contributed by atoms with Crippen molar-refractivity contribution >= 4 is 19.4 Å². The van der Waals surface area contributed by atoms with Crippen LogP contribution < -0.4 is 15.8 Å². The summed E-state index contributed by atoms with van der Waals surface area (Å²) in [6.07, 6.45) is -0.926. The molecule has 15 heteroatoms. The molecule has 0 amide bonds. The van der Waals surface area contributed by atoms with Crippen molar-refractivity contribution in [1.29, 1.82) is 0 Å². The molecule has 5 atom stereocenters. The monoisotopic (exact) mass is 527 g/mol. The first-order valence-electron chi connectivity index (χ1n) is 10.7. The van der Waals surface area contributed by atoms with Gasteiger partial charge in [0, 0.05) is 17.2 Å². The van der Waals surface area contributed by atoms with Gasteiger partial charge in [0.1, 0.15) is 17.4 Å². The van der Waals surface area contributed by atoms with E-state index in [1.54, 1.807) is 18.2 Å². The van der Waals surface area contributed by atoms with Gasteiger partial charge in [-0.15, -0.1) is 0 Å². The number of H-pyrrole nitrogens is 1. The molecule has 13 nitrogen and oxygen atoms in total. The summed E-state index contributed by atoms with van der Waals surface area (Å²) >= 11 is 6.12. The van der Waals surface area contributed by atoms with Crippen LogP contribution in [0.1, 0.15) is 32.4 Å². The summed E-state index contributed by atoms with van der Waals surface area (Å²) in [7, 11) is -4.23. The van der Waals surface area contributed by atoms with E-state index in [4.69, 9.17) is 35.4 Å². The standard InChI is InChI=1S/C20H23ClN5O8P/c1-20(24-25-22)17(28)15(32-18(20)26-10-9-16(27)23-19(26)29)11-31-35(30,33-12-5-4-6-12)34-14-8-3-2-7-13(14)21/h2-3,7-10,12,15,17-18,28H,4-6,11H2,1H3,(H,23,27,29)/t15-,17-,18-,20-,35?/m1/s1. The molecule has 2 fully saturated rings. The molecule has 0 radical (unpaired) electrons. The Hall–Kier alpha value is -2.63. The Kier molecular flexibility index (Phi) is 7.39. The van der Waals surface area contributed by atoms with Crippen LogP contribution >= 0.6 is 19.4 Å². The molecule has 35 heavy (non-hydrogen) atoms. The van der Waals surface area contributed by atoms with Gasteiger partial charge in [0.15, 0.2) is 6.23 Å². The van der Waals surface area contributed by atoms with Gasteiger partial charge in [0.2, 0.25) is 0 Å². The molecule has 1 saturated heterocycles. The number of phosphoric acid groups is 1. The van der Waals surface area contributed by atoms with Crippen molar-refractivity contribution in [2.75, 3.05) is 6.61 Å². The molecule has 2 aromatic rings. The number of aliphatic hydroxyl groups is 1. The highest BCUT2D eigenvalue weighted by atomic mass is 35.5. The number of phosphoric ester groups is 1. The van der Waals surface area contributed by atoms with Crippen molar-refractivity contribution in [2.45, 2.75) is 56.3 Å². The number of azide groups is 1. The highest BCUT2D eigenvalue weighted by Gasteiger charge is 2.55. The molecular formula is C20H23ClN5O8P. The largest absolute Gasteiger partial charge is 0.530 e. The Balaban J connectivity index is 1.58. The van der Waals surface area contributed by atoms with Crippen LogP contribution in [-0.4, -0.2) is 45.1 Å². The minimum Gasteiger partial charge on any atom is -0.402 e. The van der Waals surface area contributed by atoms with Crippen molar-refractivity contribution in [2.24, 2.45) is 5.11 Å². The molecule has 1 unspecified atom stereocenters. The number of hydrogen-bond donors (Lipinski definition) is 2. The van der Waals surface area contributed by atoms with Gasteiger partial charge in [0.05, 0.1) is 23.8 Å². The number of ether oxygens (including phenoxy) is 1. The topological polar surface area (TPSA) is 178 Å². The Morgan fingerprint density at radius 2 is 2.11 bits per heavy atom. The molecule has 0 spiro atoms. The maximum Gasteiger partial charge on any atom is 0.530 e. The Morgan fingerprint density at radius 3 is 2.74 bits per heavy atom. The summed E-state index contributed by atoms with van der Waals surface area (Å²) in [4.78, 5) is 28.6. The summed E-state index contributed by atoms with van der Waals surface area (Å²) in [5.41, 5.74) is 5.93. The van der Waals surface area contributed by atoms with Gasteiger partial charge in [-0.05, 0) is 43.9 Å². The summed E-state index contributed by atoms with van der Waals surface area (Å²) in [5, 5.41) is 14.8. The van der Waals surface area contributed by atoms with Crippen molar-refractivity contribution in [3.05, 3.63) is 72.8 Å². The number of para-hydroxylation sites is 1. The number of halogens is 1. The first-order valence-corrected chi connectivity index (χ1v) is 12.6. The molecule has 1 aromatic carbocycles. The molecular weight excluding hydrogens is 505 g/mol. The van der Waals surface area contributed by atoms with Crippen molar-refractivity contribution in [1.82, 2.24) is 9.55 Å². The molecule has 1 saturated carbocycles. The Labute approximate surface area is 203 Å². The molecule has 2 aliphatic rings. The van der Waals surface area contributed by atoms with Crippen molar-refractivity contribution < 1.29 is 28.0 Å². The average molecular weight is 528 g/mol. The van der Waals surface area contributed by atoms with Crippen LogP contribution in [-0.2, 0) is 18.3 Å². The van der Waals surface area contributed by atoms with E-state index < -0.39 is 49.7 Å². The van der Waals surface area contributed by atoms with E-state index >= 15 is 0 Å². The predicted octanol–water partition coefficient (Wildman–Crippen LogP) is 3.29. The normalized spacial score (nSPS) is 28.0. The smallest absolute Gasteiger partial charge is 0.402 e. The molecule has 4 rings (SSSR count). The summed E-state index contributed by atoms with van der Waals surface area (Å²) in [6.45, 7) is 0.880. The first-order chi connectivity index (χ1) is 16.6. The van der Waals surface area contributed by atoms with Gasteiger partial charge < -0.3 is 14.4 Å². The maximum atomic E-state index is 13.5. The number of nitrogens with one attached hydrogen (secondary N) is 1. The lowest BCUT2D eigenvalue weighted by molar-refractivity contribution is -0.0514. The van der Waals surface area contributed by atoms with E-state index in [9.17, 15) is 19.3 Å². The fraction of sp³-hybridized carbons (Fsp3) is 0.500. The molecule has 1 aliphatic heterocycles. The van der Waals surface area contributed by atoms with E-state index in [2.05, 4.69) is 15.0 Å². The third-order valence-corrected chi connectivity index (χ3v) is 7.65. The lowest BCUT2D eigenvalue weighted by atomic mass is 9.93. The molecule has 1 aromatic heterocycles. The molecule has 0 bridgehead atoms. The number of rotatable bonds is 9. The second-order valence-corrected chi connectivity index (χ2v) is 10.3. The minimum atomic E-state index is -4.23. The van der Waals surface area contributed by atoms with E-state index in [1.807, 2.05) is 0 Å². The Morgan fingerprint density at radius 1 is 1.37 bits per heavy atom. The number of hydrogen-bond acceptors (Lipinski definition) is 9. The average Bonchev–Trinajstić information content (AvgIpc) is 3.02. The quantitative estimate of drug-likeness (QED) is 0.216. The van der Waals surface area contributed by atoms with Gasteiger partial charge >= 0.3 is 13.5 Å². The van der Waals surface area contributed by atoms with E-state index in [0.29, 0.717) is 12.8 Å². The zero-order chi connectivity index (χ0) is 25.2. The third-order valence-electron chi connectivity index (χ3n) is 5.89. The van der Waals surface area contributed by atoms with Gasteiger partial charge in [-0.3, -0.25) is 23.4 Å². The highest BCUT2D eigenvalue weighted by Crippen LogP contribution is 2.54. The lowest BCUT2D eigenvalue weighted by Gasteiger charge is -2.30. The van der Waals surface area contributed by atoms with Crippen LogP contribution in [0.5, 0.6) is 5.75 Å². The summed E-state index contributed by atoms with van der Waals surface area (Å²) < 4.78 is 37.0. The van der Waals surface area contributed by atoms with E-state index in [1.165, 1.54) is 13.0 Å². The zero-order valence-corrected chi connectivity index (χ0v) is 20.2. The van der Waals surface area contributed by atoms with E-state index in [-0.39, 0.29) is 16.9 Å². The van der Waals surface area contributed by atoms with Crippen LogP contribution in [0.2, 0.25) is 5.02 Å². The van der Waals surface area contributed by atoms with Crippen molar-refractivity contribution in [3.8, 4) is 5.75 Å². The first kappa shape index (κ1) is 25.5. The fourth-order valence-electron chi connectivity index (χ4n) is 3.74. The van der Waals surface area contributed by atoms with Gasteiger partial charge in [0.25, 0.3) is 5.56 Å². The second kappa shape index (κ2) is 10.2. The minimum absolute atomic E-state index is 0.0845. The number of aromatic amines is 1. The van der Waals surface area contributed by atoms with Gasteiger partial charge in [-0.2, -0.15) is 0 Å². The number of aliphatic hydroxyl groups excluding tert-OH is 1. The second-order valence-electron chi connectivity index (χ2n) is 8.33. The summed E-state index contributed by atoms with van der Waals surface area (Å²) in [6, 6.07) is 7.44. The van der Waals surface area contributed by atoms with Crippen LogP contribution in [0, 0.1) is 0 Å². The summed E-state index contributed by atoms with van der Waals surface area (Å²) in [5.74, 6) is 0.0845. The molecule has 188 valence electrons.